The van der Waals surface area contributed by atoms with Crippen LogP contribution in [0.5, 0.6) is 0 Å². The Hall–Kier alpha value is -1.93. The maximum Gasteiger partial charge on any atom is 0.338 e. The highest BCUT2D eigenvalue weighted by molar-refractivity contribution is 7.89. The number of nitrogens with zero attached hydrogens (tertiary/aromatic N) is 1. The molecule has 1 N–H and O–H groups in total. The second-order valence-corrected chi connectivity index (χ2v) is 11.2. The summed E-state index contributed by atoms with van der Waals surface area (Å²) in [6, 6.07) is 5.84. The first-order valence-corrected chi connectivity index (χ1v) is 11.5. The zero-order valence-corrected chi connectivity index (χ0v) is 18.3. The lowest BCUT2D eigenvalue weighted by Gasteiger charge is -2.39. The number of carbonyl (C=O) groups excluding carboxylic acids is 2. The van der Waals surface area contributed by atoms with Crippen LogP contribution in [0.4, 0.5) is 0 Å². The fourth-order valence-electron chi connectivity index (χ4n) is 5.07. The molecule has 29 heavy (non-hydrogen) atoms. The largest absolute Gasteiger partial charge is 0.452 e. The molecular weight excluding hydrogens is 392 g/mol. The van der Waals surface area contributed by atoms with Crippen molar-refractivity contribution in [2.24, 2.45) is 10.8 Å². The van der Waals surface area contributed by atoms with E-state index >= 15 is 0 Å². The Labute approximate surface area is 172 Å². The molecule has 160 valence electrons. The summed E-state index contributed by atoms with van der Waals surface area (Å²) in [5.41, 5.74) is 0.194. The van der Waals surface area contributed by atoms with E-state index in [1.54, 1.807) is 11.2 Å². The van der Waals surface area contributed by atoms with Crippen molar-refractivity contribution in [3.8, 4) is 0 Å². The molecule has 7 nitrogen and oxygen atoms in total. The van der Waals surface area contributed by atoms with Gasteiger partial charge in [-0.25, -0.2) is 13.2 Å². The smallest absolute Gasteiger partial charge is 0.338 e. The SMILES string of the molecule is CCNC(=O)COC(=O)c1cccc(S(=O)(=O)N2C[C@@]3(C)C[C@@H]2CC(C)(C)C3)c1. The van der Waals surface area contributed by atoms with Crippen LogP contribution in [0.1, 0.15) is 57.3 Å². The lowest BCUT2D eigenvalue weighted by molar-refractivity contribution is -0.124. The summed E-state index contributed by atoms with van der Waals surface area (Å²) in [7, 11) is -3.73. The monoisotopic (exact) mass is 422 g/mol. The molecule has 1 amide bonds. The van der Waals surface area contributed by atoms with E-state index in [-0.39, 0.29) is 27.3 Å². The highest BCUT2D eigenvalue weighted by Gasteiger charge is 2.53. The molecule has 0 spiro atoms. The van der Waals surface area contributed by atoms with Crippen molar-refractivity contribution in [2.75, 3.05) is 19.7 Å². The van der Waals surface area contributed by atoms with Crippen LogP contribution in [-0.4, -0.2) is 50.3 Å². The average molecular weight is 423 g/mol. The third-order valence-electron chi connectivity index (χ3n) is 5.75. The molecular formula is C21H30N2O5S. The number of hydrogen-bond donors (Lipinski definition) is 1. The van der Waals surface area contributed by atoms with Gasteiger partial charge in [-0.1, -0.05) is 26.8 Å². The van der Waals surface area contributed by atoms with E-state index < -0.39 is 28.5 Å². The zero-order valence-electron chi connectivity index (χ0n) is 17.5. The summed E-state index contributed by atoms with van der Waals surface area (Å²) < 4.78 is 33.3. The Balaban J connectivity index is 1.79. The van der Waals surface area contributed by atoms with Crippen LogP contribution < -0.4 is 5.32 Å². The van der Waals surface area contributed by atoms with Crippen molar-refractivity contribution in [1.82, 2.24) is 9.62 Å². The molecule has 0 unspecified atom stereocenters. The normalized spacial score (nSPS) is 26.1. The van der Waals surface area contributed by atoms with Crippen molar-refractivity contribution in [3.05, 3.63) is 29.8 Å². The number of hydrogen-bond acceptors (Lipinski definition) is 5. The fourth-order valence-corrected chi connectivity index (χ4v) is 6.89. The standard InChI is InChI=1S/C21H30N2O5S/c1-5-22-18(24)12-28-19(25)15-7-6-8-17(9-15)29(26,27)23-14-21(4)11-16(23)10-20(2,3)13-21/h6-9,16H,5,10-14H2,1-4H3,(H,22,24)/t16-,21-/m0/s1. The molecule has 3 rings (SSSR count). The van der Waals surface area contributed by atoms with E-state index in [0.29, 0.717) is 13.1 Å². The number of benzene rings is 1. The molecule has 1 saturated heterocycles. The van der Waals surface area contributed by atoms with Gasteiger partial charge in [-0.05, 0) is 55.2 Å². The molecule has 1 saturated carbocycles. The second kappa shape index (κ2) is 7.72. The summed E-state index contributed by atoms with van der Waals surface area (Å²) in [4.78, 5) is 23.8. The number of rotatable bonds is 6. The highest BCUT2D eigenvalue weighted by Crippen LogP contribution is 2.53. The van der Waals surface area contributed by atoms with Gasteiger partial charge in [-0.3, -0.25) is 4.79 Å². The zero-order chi connectivity index (χ0) is 21.4. The first kappa shape index (κ1) is 21.8. The molecule has 1 aromatic carbocycles. The topological polar surface area (TPSA) is 92.8 Å². The minimum Gasteiger partial charge on any atom is -0.452 e. The van der Waals surface area contributed by atoms with Crippen LogP contribution in [0, 0.1) is 10.8 Å². The molecule has 2 fully saturated rings. The van der Waals surface area contributed by atoms with Crippen LogP contribution in [0.2, 0.25) is 0 Å². The Kier molecular flexibility index (Phi) is 5.80. The summed E-state index contributed by atoms with van der Waals surface area (Å²) in [5, 5.41) is 2.54. The van der Waals surface area contributed by atoms with Crippen molar-refractivity contribution in [2.45, 2.75) is 57.9 Å². The van der Waals surface area contributed by atoms with Gasteiger partial charge in [0.15, 0.2) is 6.61 Å². The minimum absolute atomic E-state index is 0.0251. The van der Waals surface area contributed by atoms with Crippen LogP contribution in [0.15, 0.2) is 29.2 Å². The van der Waals surface area contributed by atoms with Crippen molar-refractivity contribution >= 4 is 21.9 Å². The molecule has 2 aliphatic rings. The van der Waals surface area contributed by atoms with Gasteiger partial charge in [-0.2, -0.15) is 4.31 Å². The van der Waals surface area contributed by atoms with Gasteiger partial charge in [0.05, 0.1) is 10.5 Å². The predicted molar refractivity (Wildman–Crippen MR) is 109 cm³/mol. The first-order chi connectivity index (χ1) is 13.5. The Morgan fingerprint density at radius 3 is 2.66 bits per heavy atom. The first-order valence-electron chi connectivity index (χ1n) is 10.0. The highest BCUT2D eigenvalue weighted by atomic mass is 32.2. The van der Waals surface area contributed by atoms with Crippen molar-refractivity contribution in [1.29, 1.82) is 0 Å². The third kappa shape index (κ3) is 4.64. The van der Waals surface area contributed by atoms with Gasteiger partial charge >= 0.3 is 5.97 Å². The van der Waals surface area contributed by atoms with Gasteiger partial charge in [0, 0.05) is 19.1 Å². The van der Waals surface area contributed by atoms with Crippen LogP contribution in [0.25, 0.3) is 0 Å². The fraction of sp³-hybridized carbons (Fsp3) is 0.619. The minimum atomic E-state index is -3.73. The molecule has 2 atom stereocenters. The number of likely N-dealkylation sites (N-methyl/N-ethyl adjacent to an activating group) is 1. The lowest BCUT2D eigenvalue weighted by atomic mass is 9.65. The summed E-state index contributed by atoms with van der Waals surface area (Å²) in [5.74, 6) is -1.12. The Morgan fingerprint density at radius 1 is 1.24 bits per heavy atom. The molecule has 1 aliphatic heterocycles. The van der Waals surface area contributed by atoms with E-state index in [1.165, 1.54) is 24.3 Å². The van der Waals surface area contributed by atoms with Gasteiger partial charge in [0.25, 0.3) is 5.91 Å². The van der Waals surface area contributed by atoms with E-state index in [2.05, 4.69) is 26.1 Å². The molecule has 8 heteroatoms. The molecule has 1 aliphatic carbocycles. The number of amides is 1. The summed E-state index contributed by atoms with van der Waals surface area (Å²) in [6.07, 6.45) is 2.69. The maximum absolute atomic E-state index is 13.4. The number of esters is 1. The van der Waals surface area contributed by atoms with Gasteiger partial charge in [0.1, 0.15) is 0 Å². The number of nitrogens with one attached hydrogen (secondary N) is 1. The number of carbonyl (C=O) groups is 2. The van der Waals surface area contributed by atoms with Gasteiger partial charge in [0.2, 0.25) is 10.0 Å². The number of fused-ring (bicyclic) bond motifs is 2. The molecule has 0 aromatic heterocycles. The van der Waals surface area contributed by atoms with E-state index in [1.807, 2.05) is 0 Å². The maximum atomic E-state index is 13.4. The third-order valence-corrected chi connectivity index (χ3v) is 7.65. The molecule has 2 bridgehead atoms. The summed E-state index contributed by atoms with van der Waals surface area (Å²) >= 11 is 0. The van der Waals surface area contributed by atoms with Gasteiger partial charge in [-0.15, -0.1) is 0 Å². The van der Waals surface area contributed by atoms with Crippen LogP contribution >= 0.6 is 0 Å². The van der Waals surface area contributed by atoms with Crippen LogP contribution in [0.3, 0.4) is 0 Å². The van der Waals surface area contributed by atoms with E-state index in [0.717, 1.165) is 19.3 Å². The second-order valence-electron chi connectivity index (χ2n) is 9.32. The molecule has 1 heterocycles. The lowest BCUT2D eigenvalue weighted by Crippen LogP contribution is -2.37. The number of sulfonamides is 1. The molecule has 1 aromatic rings. The van der Waals surface area contributed by atoms with Crippen molar-refractivity contribution in [3.63, 3.8) is 0 Å². The van der Waals surface area contributed by atoms with E-state index in [9.17, 15) is 18.0 Å². The Morgan fingerprint density at radius 2 is 1.97 bits per heavy atom. The van der Waals surface area contributed by atoms with E-state index in [4.69, 9.17) is 4.74 Å². The van der Waals surface area contributed by atoms with Crippen LogP contribution in [-0.2, 0) is 19.6 Å². The average Bonchev–Trinajstić information content (AvgIpc) is 2.89. The van der Waals surface area contributed by atoms with Gasteiger partial charge < -0.3 is 10.1 Å². The summed E-state index contributed by atoms with van der Waals surface area (Å²) in [6.45, 7) is 8.85. The predicted octanol–water partition coefficient (Wildman–Crippen LogP) is 2.57. The quantitative estimate of drug-likeness (QED) is 0.711. The number of ether oxygens (including phenoxy) is 1. The Bertz CT molecular complexity index is 911. The molecule has 0 radical (unpaired) electrons. The van der Waals surface area contributed by atoms with Crippen molar-refractivity contribution < 1.29 is 22.7 Å².